The Morgan fingerprint density at radius 2 is 2.06 bits per heavy atom. The van der Waals surface area contributed by atoms with Gasteiger partial charge in [0, 0.05) is 5.56 Å². The van der Waals surface area contributed by atoms with Crippen LogP contribution < -0.4 is 4.72 Å². The van der Waals surface area contributed by atoms with Crippen LogP contribution in [0.15, 0.2) is 34.2 Å². The summed E-state index contributed by atoms with van der Waals surface area (Å²) in [6.07, 6.45) is 4.24. The molecule has 0 radical (unpaired) electrons. The van der Waals surface area contributed by atoms with Crippen LogP contribution in [0.3, 0.4) is 0 Å². The molecule has 1 aromatic carbocycles. The van der Waals surface area contributed by atoms with E-state index in [0.29, 0.717) is 16.3 Å². The molecule has 4 nitrogen and oxygen atoms in total. The van der Waals surface area contributed by atoms with E-state index in [-0.39, 0.29) is 5.54 Å². The highest BCUT2D eigenvalue weighted by Gasteiger charge is 2.38. The van der Waals surface area contributed by atoms with Crippen LogP contribution in [0.2, 0.25) is 0 Å². The first-order valence-electron chi connectivity index (χ1n) is 6.28. The molecule has 1 aliphatic heterocycles. The van der Waals surface area contributed by atoms with Crippen molar-refractivity contribution >= 4 is 15.9 Å². The van der Waals surface area contributed by atoms with Gasteiger partial charge in [-0.25, -0.2) is 8.42 Å². The predicted octanol–water partition coefficient (Wildman–Crippen LogP) is 2.06. The number of aliphatic imine (C=N–C) groups is 1. The van der Waals surface area contributed by atoms with Crippen LogP contribution >= 0.6 is 0 Å². The van der Waals surface area contributed by atoms with Crippen molar-refractivity contribution < 1.29 is 8.42 Å². The maximum atomic E-state index is 12.0. The van der Waals surface area contributed by atoms with Crippen molar-refractivity contribution in [1.82, 2.24) is 4.72 Å². The van der Waals surface area contributed by atoms with Gasteiger partial charge in [0.05, 0.1) is 10.4 Å². The molecule has 1 aliphatic carbocycles. The molecule has 0 bridgehead atoms. The van der Waals surface area contributed by atoms with E-state index in [1.165, 1.54) is 6.42 Å². The summed E-state index contributed by atoms with van der Waals surface area (Å²) in [5, 5.41) is 0. The normalized spacial score (nSPS) is 25.3. The fraction of sp³-hybridized carbons (Fsp3) is 0.462. The Bertz CT molecular complexity index is 610. The largest absolute Gasteiger partial charge is 0.263 e. The summed E-state index contributed by atoms with van der Waals surface area (Å²) in [6.45, 7) is 2.11. The first-order chi connectivity index (χ1) is 8.56. The molecule has 0 amide bonds. The van der Waals surface area contributed by atoms with Crippen LogP contribution in [0, 0.1) is 0 Å². The number of benzene rings is 1. The molecule has 2 aliphatic rings. The summed E-state index contributed by atoms with van der Waals surface area (Å²) < 4.78 is 26.5. The molecule has 0 unspecified atom stereocenters. The number of hydrogen-bond acceptors (Lipinski definition) is 3. The summed E-state index contributed by atoms with van der Waals surface area (Å²) in [5.74, 6) is 0.521. The van der Waals surface area contributed by atoms with Crippen LogP contribution in [0.4, 0.5) is 0 Å². The summed E-state index contributed by atoms with van der Waals surface area (Å²) in [7, 11) is -3.40. The highest BCUT2D eigenvalue weighted by atomic mass is 32.2. The van der Waals surface area contributed by atoms with Crippen LogP contribution in [0.5, 0.6) is 0 Å². The van der Waals surface area contributed by atoms with Gasteiger partial charge >= 0.3 is 0 Å². The van der Waals surface area contributed by atoms with Gasteiger partial charge in [0.15, 0.2) is 0 Å². The Hall–Kier alpha value is -1.36. The zero-order chi connectivity index (χ0) is 12.8. The number of hydrogen-bond donors (Lipinski definition) is 1. The first kappa shape index (κ1) is 11.7. The Morgan fingerprint density at radius 3 is 2.67 bits per heavy atom. The monoisotopic (exact) mass is 264 g/mol. The van der Waals surface area contributed by atoms with Crippen molar-refractivity contribution in [3.63, 3.8) is 0 Å². The molecule has 3 rings (SSSR count). The number of fused-ring (bicyclic) bond motifs is 1. The molecule has 1 heterocycles. The van der Waals surface area contributed by atoms with Crippen molar-refractivity contribution in [3.8, 4) is 0 Å². The third-order valence-corrected chi connectivity index (χ3v) is 5.35. The lowest BCUT2D eigenvalue weighted by Gasteiger charge is -2.37. The second-order valence-electron chi connectivity index (χ2n) is 4.99. The number of amidine groups is 1. The van der Waals surface area contributed by atoms with Gasteiger partial charge in [0.1, 0.15) is 5.84 Å². The van der Waals surface area contributed by atoms with E-state index in [1.807, 2.05) is 12.1 Å². The molecule has 18 heavy (non-hydrogen) atoms. The van der Waals surface area contributed by atoms with E-state index in [2.05, 4.69) is 11.6 Å². The van der Waals surface area contributed by atoms with Gasteiger partial charge in [-0.2, -0.15) is 0 Å². The molecule has 0 spiro atoms. The molecule has 1 fully saturated rings. The topological polar surface area (TPSA) is 58.5 Å². The van der Waals surface area contributed by atoms with Gasteiger partial charge in [-0.3, -0.25) is 9.71 Å². The lowest BCUT2D eigenvalue weighted by atomic mass is 9.75. The predicted molar refractivity (Wildman–Crippen MR) is 70.2 cm³/mol. The maximum absolute atomic E-state index is 12.0. The summed E-state index contributed by atoms with van der Waals surface area (Å²) in [6, 6.07) is 7.02. The Kier molecular flexibility index (Phi) is 2.48. The van der Waals surface area contributed by atoms with Gasteiger partial charge in [-0.1, -0.05) is 19.1 Å². The second-order valence-corrected chi connectivity index (χ2v) is 6.64. The highest BCUT2D eigenvalue weighted by molar-refractivity contribution is 7.90. The van der Waals surface area contributed by atoms with Gasteiger partial charge in [0.25, 0.3) is 10.0 Å². The molecular weight excluding hydrogens is 248 g/mol. The molecule has 96 valence electrons. The molecule has 0 atom stereocenters. The minimum absolute atomic E-state index is 0.0463. The van der Waals surface area contributed by atoms with Crippen LogP contribution in [-0.2, 0) is 10.0 Å². The third-order valence-electron chi connectivity index (χ3n) is 3.95. The van der Waals surface area contributed by atoms with Crippen molar-refractivity contribution in [2.75, 3.05) is 0 Å². The summed E-state index contributed by atoms with van der Waals surface area (Å²) in [4.78, 5) is 5.04. The van der Waals surface area contributed by atoms with E-state index in [1.54, 1.807) is 12.1 Å². The van der Waals surface area contributed by atoms with Gasteiger partial charge < -0.3 is 0 Å². The van der Waals surface area contributed by atoms with Crippen molar-refractivity contribution in [2.24, 2.45) is 4.99 Å². The van der Waals surface area contributed by atoms with E-state index in [9.17, 15) is 8.42 Å². The third kappa shape index (κ3) is 1.65. The van der Waals surface area contributed by atoms with Gasteiger partial charge in [-0.05, 0) is 37.8 Å². The number of sulfonamides is 1. The zero-order valence-corrected chi connectivity index (χ0v) is 11.1. The molecule has 1 aromatic rings. The SMILES string of the molecule is CCC1(N=C2NS(=O)(=O)c3ccccc32)CCC1. The highest BCUT2D eigenvalue weighted by Crippen LogP contribution is 2.39. The van der Waals surface area contributed by atoms with E-state index < -0.39 is 10.0 Å². The lowest BCUT2D eigenvalue weighted by molar-refractivity contribution is 0.243. The Morgan fingerprint density at radius 1 is 1.33 bits per heavy atom. The number of nitrogens with one attached hydrogen (secondary N) is 1. The van der Waals surface area contributed by atoms with Gasteiger partial charge in [-0.15, -0.1) is 0 Å². The maximum Gasteiger partial charge on any atom is 0.263 e. The lowest BCUT2D eigenvalue weighted by Crippen LogP contribution is -2.37. The van der Waals surface area contributed by atoms with Crippen molar-refractivity contribution in [1.29, 1.82) is 0 Å². The minimum atomic E-state index is -3.40. The second kappa shape index (κ2) is 3.82. The molecule has 0 saturated heterocycles. The summed E-state index contributed by atoms with van der Waals surface area (Å²) in [5.41, 5.74) is 0.659. The number of nitrogens with zero attached hydrogens (tertiary/aromatic N) is 1. The van der Waals surface area contributed by atoms with E-state index >= 15 is 0 Å². The smallest absolute Gasteiger partial charge is 0.263 e. The fourth-order valence-electron chi connectivity index (χ4n) is 2.58. The first-order valence-corrected chi connectivity index (χ1v) is 7.77. The zero-order valence-electron chi connectivity index (χ0n) is 10.3. The minimum Gasteiger partial charge on any atom is -0.263 e. The van der Waals surface area contributed by atoms with Crippen molar-refractivity contribution in [3.05, 3.63) is 29.8 Å². The van der Waals surface area contributed by atoms with Crippen LogP contribution in [0.25, 0.3) is 0 Å². The van der Waals surface area contributed by atoms with E-state index in [0.717, 1.165) is 19.3 Å². The van der Waals surface area contributed by atoms with Crippen molar-refractivity contribution in [2.45, 2.75) is 43.0 Å². The average molecular weight is 264 g/mol. The Labute approximate surface area is 107 Å². The Balaban J connectivity index is 2.09. The molecule has 0 aromatic heterocycles. The summed E-state index contributed by atoms with van der Waals surface area (Å²) >= 11 is 0. The molecule has 1 saturated carbocycles. The molecule has 5 heteroatoms. The van der Waals surface area contributed by atoms with Crippen LogP contribution in [-0.4, -0.2) is 19.8 Å². The van der Waals surface area contributed by atoms with Gasteiger partial charge in [0.2, 0.25) is 0 Å². The molecular formula is C13H16N2O2S. The fourth-order valence-corrected chi connectivity index (χ4v) is 3.82. The van der Waals surface area contributed by atoms with E-state index in [4.69, 9.17) is 4.99 Å². The standard InChI is InChI=1S/C13H16N2O2S/c1-2-13(8-5-9-13)14-12-10-6-3-4-7-11(10)18(16,17)15-12/h3-4,6-7H,2,5,8-9H2,1H3,(H,14,15). The quantitative estimate of drug-likeness (QED) is 0.888. The van der Waals surface area contributed by atoms with Crippen LogP contribution in [0.1, 0.15) is 38.2 Å². The average Bonchev–Trinajstić information content (AvgIpc) is 2.57. The number of rotatable bonds is 2. The molecule has 1 N–H and O–H groups in total.